The number of hydrogen-bond acceptors (Lipinski definition) is 5. The van der Waals surface area contributed by atoms with E-state index in [1.165, 1.54) is 25.4 Å². The van der Waals surface area contributed by atoms with Crippen LogP contribution in [0.15, 0.2) is 60.8 Å². The van der Waals surface area contributed by atoms with Crippen molar-refractivity contribution in [3.05, 3.63) is 78.0 Å². The molecular weight excluding hydrogens is 475 g/mol. The van der Waals surface area contributed by atoms with Gasteiger partial charge in [-0.1, -0.05) is 0 Å². The van der Waals surface area contributed by atoms with Crippen molar-refractivity contribution in [3.8, 4) is 17.4 Å². The number of fused-ring (bicyclic) bond motifs is 1. The van der Waals surface area contributed by atoms with Crippen LogP contribution in [0.1, 0.15) is 5.56 Å². The van der Waals surface area contributed by atoms with Gasteiger partial charge in [0.15, 0.2) is 11.6 Å². The lowest BCUT2D eigenvalue weighted by atomic mass is 10.2. The molecule has 4 aromatic rings. The maximum absolute atomic E-state index is 14.6. The summed E-state index contributed by atoms with van der Waals surface area (Å²) < 4.78 is 77.0. The first-order valence-corrected chi connectivity index (χ1v) is 9.85. The molecule has 0 unspecified atom stereocenters. The van der Waals surface area contributed by atoms with Gasteiger partial charge in [0.05, 0.1) is 29.9 Å². The van der Waals surface area contributed by atoms with Gasteiger partial charge in [0.2, 0.25) is 5.88 Å². The van der Waals surface area contributed by atoms with E-state index >= 15 is 0 Å². The molecule has 4 rings (SSSR count). The van der Waals surface area contributed by atoms with Gasteiger partial charge in [0.25, 0.3) is 0 Å². The number of benzene rings is 3. The van der Waals surface area contributed by atoms with E-state index in [-0.39, 0.29) is 22.9 Å². The van der Waals surface area contributed by atoms with Crippen LogP contribution in [0.25, 0.3) is 11.0 Å². The zero-order valence-corrected chi connectivity index (χ0v) is 17.8. The number of urea groups is 1. The van der Waals surface area contributed by atoms with Crippen molar-refractivity contribution in [2.75, 3.05) is 17.7 Å². The van der Waals surface area contributed by atoms with E-state index in [1.54, 1.807) is 18.2 Å². The number of aromatic nitrogens is 2. The van der Waals surface area contributed by atoms with Crippen molar-refractivity contribution in [3.63, 3.8) is 0 Å². The van der Waals surface area contributed by atoms with Gasteiger partial charge in [0, 0.05) is 23.5 Å². The maximum Gasteiger partial charge on any atom is 0.419 e. The molecule has 0 fully saturated rings. The minimum absolute atomic E-state index is 0.000351. The Morgan fingerprint density at radius 3 is 2.29 bits per heavy atom. The maximum atomic E-state index is 14.6. The third kappa shape index (κ3) is 5.54. The van der Waals surface area contributed by atoms with Crippen LogP contribution in [-0.4, -0.2) is 23.1 Å². The van der Waals surface area contributed by atoms with E-state index in [0.29, 0.717) is 29.0 Å². The molecule has 0 radical (unpaired) electrons. The van der Waals surface area contributed by atoms with E-state index in [4.69, 9.17) is 9.47 Å². The van der Waals surface area contributed by atoms with Crippen LogP contribution in [0.5, 0.6) is 17.4 Å². The Hall–Kier alpha value is -4.48. The van der Waals surface area contributed by atoms with Crippen LogP contribution >= 0.6 is 0 Å². The molecule has 1 aromatic heterocycles. The Balaban J connectivity index is 1.45. The Bertz CT molecular complexity index is 1410. The van der Waals surface area contributed by atoms with Crippen LogP contribution in [0.4, 0.5) is 38.1 Å². The van der Waals surface area contributed by atoms with Gasteiger partial charge in [-0.3, -0.25) is 0 Å². The number of nitrogens with one attached hydrogen (secondary N) is 2. The minimum Gasteiger partial charge on any atom is -0.480 e. The predicted molar refractivity (Wildman–Crippen MR) is 117 cm³/mol. The molecule has 2 amide bonds. The molecule has 0 bridgehead atoms. The summed E-state index contributed by atoms with van der Waals surface area (Å²) in [5.41, 5.74) is -0.785. The number of alkyl halides is 3. The summed E-state index contributed by atoms with van der Waals surface area (Å²) in [6.45, 7) is 0. The topological polar surface area (TPSA) is 85.4 Å². The van der Waals surface area contributed by atoms with E-state index in [9.17, 15) is 26.7 Å². The number of carbonyl (C=O) groups excluding carboxylic acids is 1. The molecule has 1 heterocycles. The summed E-state index contributed by atoms with van der Waals surface area (Å²) in [5.74, 6) is -1.88. The lowest BCUT2D eigenvalue weighted by Gasteiger charge is -2.12. The molecule has 3 aromatic carbocycles. The van der Waals surface area contributed by atoms with Crippen LogP contribution in [-0.2, 0) is 6.18 Å². The summed E-state index contributed by atoms with van der Waals surface area (Å²) in [4.78, 5) is 20.5. The number of halogens is 5. The summed E-state index contributed by atoms with van der Waals surface area (Å²) in [5, 5.41) is 4.42. The van der Waals surface area contributed by atoms with Crippen molar-refractivity contribution >= 4 is 28.4 Å². The molecule has 0 aliphatic rings. The molecule has 7 nitrogen and oxygen atoms in total. The highest BCUT2D eigenvalue weighted by molar-refractivity contribution is 5.99. The number of amides is 2. The van der Waals surface area contributed by atoms with Gasteiger partial charge >= 0.3 is 12.2 Å². The fourth-order valence-electron chi connectivity index (χ4n) is 3.04. The number of rotatable bonds is 5. The van der Waals surface area contributed by atoms with E-state index in [2.05, 4.69) is 20.6 Å². The Kier molecular flexibility index (Phi) is 6.36. The number of hydrogen-bond donors (Lipinski definition) is 2. The van der Waals surface area contributed by atoms with Crippen molar-refractivity contribution in [2.45, 2.75) is 6.18 Å². The molecule has 2 N–H and O–H groups in total. The van der Waals surface area contributed by atoms with Crippen molar-refractivity contribution < 1.29 is 36.2 Å². The number of methoxy groups -OCH3 is 1. The van der Waals surface area contributed by atoms with Crippen molar-refractivity contribution in [1.29, 1.82) is 0 Å². The molecule has 0 saturated heterocycles. The second-order valence-electron chi connectivity index (χ2n) is 7.08. The van der Waals surface area contributed by atoms with Gasteiger partial charge in [-0.15, -0.1) is 0 Å². The highest BCUT2D eigenvalue weighted by Crippen LogP contribution is 2.33. The first-order valence-electron chi connectivity index (χ1n) is 9.85. The Morgan fingerprint density at radius 2 is 1.60 bits per heavy atom. The second-order valence-corrected chi connectivity index (χ2v) is 7.08. The lowest BCUT2D eigenvalue weighted by Crippen LogP contribution is -2.20. The fourth-order valence-corrected chi connectivity index (χ4v) is 3.04. The quantitative estimate of drug-likeness (QED) is 0.318. The average molecular weight is 490 g/mol. The first-order chi connectivity index (χ1) is 16.6. The summed E-state index contributed by atoms with van der Waals surface area (Å²) in [6.07, 6.45) is -3.48. The zero-order chi connectivity index (χ0) is 25.2. The largest absolute Gasteiger partial charge is 0.480 e. The lowest BCUT2D eigenvalue weighted by molar-refractivity contribution is -0.139. The third-order valence-electron chi connectivity index (χ3n) is 4.65. The molecule has 35 heavy (non-hydrogen) atoms. The normalized spacial score (nSPS) is 11.3. The summed E-state index contributed by atoms with van der Waals surface area (Å²) >= 11 is 0. The number of ether oxygens (including phenoxy) is 2. The van der Waals surface area contributed by atoms with E-state index < -0.39 is 29.4 Å². The summed E-state index contributed by atoms with van der Waals surface area (Å²) in [6, 6.07) is 9.33. The SMILES string of the molecule is COc1cnc2ccc(Oc3ccc(NC(=O)Nc4ccc(F)c(C(F)(F)F)c4)cc3F)cc2n1. The van der Waals surface area contributed by atoms with Crippen LogP contribution < -0.4 is 20.1 Å². The number of carbonyl (C=O) groups is 1. The highest BCUT2D eigenvalue weighted by Gasteiger charge is 2.34. The highest BCUT2D eigenvalue weighted by atomic mass is 19.4. The molecule has 0 atom stereocenters. The van der Waals surface area contributed by atoms with Crippen LogP contribution in [0, 0.1) is 11.6 Å². The predicted octanol–water partition coefficient (Wildman–Crippen LogP) is 6.37. The van der Waals surface area contributed by atoms with Crippen molar-refractivity contribution in [1.82, 2.24) is 9.97 Å². The average Bonchev–Trinajstić information content (AvgIpc) is 2.81. The van der Waals surface area contributed by atoms with Gasteiger partial charge in [0.1, 0.15) is 11.6 Å². The van der Waals surface area contributed by atoms with Gasteiger partial charge in [-0.05, 0) is 42.5 Å². The molecule has 0 spiro atoms. The summed E-state index contributed by atoms with van der Waals surface area (Å²) in [7, 11) is 1.45. The van der Waals surface area contributed by atoms with Gasteiger partial charge in [-0.25, -0.2) is 23.5 Å². The molecule has 180 valence electrons. The minimum atomic E-state index is -4.93. The van der Waals surface area contributed by atoms with Crippen molar-refractivity contribution in [2.24, 2.45) is 0 Å². The molecule has 12 heteroatoms. The number of anilines is 2. The van der Waals surface area contributed by atoms with Crippen LogP contribution in [0.2, 0.25) is 0 Å². The fraction of sp³-hybridized carbons (Fsp3) is 0.0870. The molecule has 0 aliphatic heterocycles. The second kappa shape index (κ2) is 9.41. The van der Waals surface area contributed by atoms with Gasteiger partial charge in [-0.2, -0.15) is 13.2 Å². The van der Waals surface area contributed by atoms with Gasteiger partial charge < -0.3 is 20.1 Å². The first kappa shape index (κ1) is 23.7. The zero-order valence-electron chi connectivity index (χ0n) is 17.8. The Labute approximate surface area is 194 Å². The van der Waals surface area contributed by atoms with E-state index in [1.807, 2.05) is 0 Å². The third-order valence-corrected chi connectivity index (χ3v) is 4.65. The smallest absolute Gasteiger partial charge is 0.419 e. The molecular formula is C23H15F5N4O3. The van der Waals surface area contributed by atoms with E-state index in [0.717, 1.165) is 12.1 Å². The number of nitrogens with zero attached hydrogens (tertiary/aromatic N) is 2. The molecule has 0 aliphatic carbocycles. The standard InChI is InChI=1S/C23H15F5N4O3/c1-34-21-11-29-18-6-4-14(10-19(18)32-21)35-20-7-3-13(9-17(20)25)31-22(33)30-12-2-5-16(24)15(8-12)23(26,27)28/h2-11H,1H3,(H2,30,31,33). The monoisotopic (exact) mass is 490 g/mol. The van der Waals surface area contributed by atoms with Crippen LogP contribution in [0.3, 0.4) is 0 Å². The molecule has 0 saturated carbocycles. The Morgan fingerprint density at radius 1 is 0.886 bits per heavy atom.